The lowest BCUT2D eigenvalue weighted by Crippen LogP contribution is -2.31. The van der Waals surface area contributed by atoms with Gasteiger partial charge >= 0.3 is 12.1 Å². The van der Waals surface area contributed by atoms with Crippen molar-refractivity contribution in [3.05, 3.63) is 12.8 Å². The first-order valence-electron chi connectivity index (χ1n) is 3.72. The molecule has 72 valence electrons. The Bertz CT molecular complexity index is 247. The Morgan fingerprint density at radius 3 is 3.00 bits per heavy atom. The Balaban J connectivity index is 2.47. The standard InChI is InChI=1S/C8H10O5/c1-3-11-6(9)4-8(2)5-12-7(10)13-8/h3H,1,4-5H2,2H3. The van der Waals surface area contributed by atoms with Crippen LogP contribution in [-0.4, -0.2) is 24.3 Å². The summed E-state index contributed by atoms with van der Waals surface area (Å²) in [4.78, 5) is 21.6. The van der Waals surface area contributed by atoms with E-state index in [1.807, 2.05) is 0 Å². The lowest BCUT2D eigenvalue weighted by atomic mass is 10.0. The molecule has 1 atom stereocenters. The van der Waals surface area contributed by atoms with Crippen LogP contribution in [-0.2, 0) is 19.0 Å². The van der Waals surface area contributed by atoms with Crippen LogP contribution in [0.5, 0.6) is 0 Å². The van der Waals surface area contributed by atoms with Crippen molar-refractivity contribution in [2.45, 2.75) is 18.9 Å². The minimum atomic E-state index is -0.906. The van der Waals surface area contributed by atoms with E-state index in [1.54, 1.807) is 6.92 Å². The molecule has 1 heterocycles. The summed E-state index contributed by atoms with van der Waals surface area (Å²) >= 11 is 0. The summed E-state index contributed by atoms with van der Waals surface area (Å²) < 4.78 is 13.8. The maximum Gasteiger partial charge on any atom is 0.509 e. The molecule has 1 aliphatic heterocycles. The number of esters is 1. The van der Waals surface area contributed by atoms with Gasteiger partial charge in [0.25, 0.3) is 0 Å². The fourth-order valence-corrected chi connectivity index (χ4v) is 0.999. The average Bonchev–Trinajstić information content (AvgIpc) is 2.30. The van der Waals surface area contributed by atoms with Crippen LogP contribution >= 0.6 is 0 Å². The van der Waals surface area contributed by atoms with E-state index in [-0.39, 0.29) is 13.0 Å². The highest BCUT2D eigenvalue weighted by molar-refractivity contribution is 5.73. The molecule has 1 saturated heterocycles. The third kappa shape index (κ3) is 2.47. The second-order valence-corrected chi connectivity index (χ2v) is 2.92. The Morgan fingerprint density at radius 1 is 1.85 bits per heavy atom. The Labute approximate surface area is 75.3 Å². The smallest absolute Gasteiger partial charge is 0.435 e. The van der Waals surface area contributed by atoms with Gasteiger partial charge in [-0.1, -0.05) is 6.58 Å². The van der Waals surface area contributed by atoms with E-state index < -0.39 is 17.7 Å². The highest BCUT2D eigenvalue weighted by Crippen LogP contribution is 2.23. The molecule has 1 rings (SSSR count). The SMILES string of the molecule is C=COC(=O)CC1(C)COC(=O)O1. The molecule has 0 aromatic heterocycles. The van der Waals surface area contributed by atoms with Gasteiger partial charge in [-0.25, -0.2) is 4.79 Å². The molecular weight excluding hydrogens is 176 g/mol. The van der Waals surface area contributed by atoms with Gasteiger partial charge in [-0.15, -0.1) is 0 Å². The largest absolute Gasteiger partial charge is 0.509 e. The second kappa shape index (κ2) is 3.47. The minimum absolute atomic E-state index is 0.0369. The predicted molar refractivity (Wildman–Crippen MR) is 41.7 cm³/mol. The summed E-state index contributed by atoms with van der Waals surface area (Å²) in [5.41, 5.74) is -0.906. The van der Waals surface area contributed by atoms with E-state index in [0.29, 0.717) is 0 Å². The topological polar surface area (TPSA) is 61.8 Å². The summed E-state index contributed by atoms with van der Waals surface area (Å²) in [5, 5.41) is 0. The molecule has 13 heavy (non-hydrogen) atoms. The van der Waals surface area contributed by atoms with Crippen molar-refractivity contribution in [1.29, 1.82) is 0 Å². The van der Waals surface area contributed by atoms with Crippen molar-refractivity contribution < 1.29 is 23.8 Å². The number of rotatable bonds is 3. The van der Waals surface area contributed by atoms with Crippen LogP contribution in [0.15, 0.2) is 12.8 Å². The maximum atomic E-state index is 11.0. The third-order valence-electron chi connectivity index (χ3n) is 1.56. The Hall–Kier alpha value is -1.52. The van der Waals surface area contributed by atoms with E-state index in [4.69, 9.17) is 4.74 Å². The number of cyclic esters (lactones) is 2. The molecule has 0 bridgehead atoms. The molecule has 5 nitrogen and oxygen atoms in total. The Kier molecular flexibility index (Phi) is 2.55. The van der Waals surface area contributed by atoms with Gasteiger partial charge in [0.1, 0.15) is 6.61 Å². The first-order chi connectivity index (χ1) is 6.06. The number of hydrogen-bond acceptors (Lipinski definition) is 5. The fourth-order valence-electron chi connectivity index (χ4n) is 0.999. The van der Waals surface area contributed by atoms with Crippen molar-refractivity contribution in [2.75, 3.05) is 6.61 Å². The van der Waals surface area contributed by atoms with E-state index in [0.717, 1.165) is 6.26 Å². The van der Waals surface area contributed by atoms with Gasteiger partial charge in [-0.05, 0) is 6.92 Å². The molecular formula is C8H10O5. The summed E-state index contributed by atoms with van der Waals surface area (Å²) in [6.45, 7) is 4.90. The van der Waals surface area contributed by atoms with Crippen molar-refractivity contribution in [3.63, 3.8) is 0 Å². The van der Waals surface area contributed by atoms with Crippen molar-refractivity contribution in [2.24, 2.45) is 0 Å². The zero-order valence-electron chi connectivity index (χ0n) is 7.24. The number of ether oxygens (including phenoxy) is 3. The quantitative estimate of drug-likeness (QED) is 0.485. The molecule has 5 heteroatoms. The molecule has 1 aliphatic rings. The summed E-state index contributed by atoms with van der Waals surface area (Å²) in [5.74, 6) is -0.504. The first kappa shape index (κ1) is 9.57. The lowest BCUT2D eigenvalue weighted by molar-refractivity contribution is -0.141. The number of carbonyl (C=O) groups excluding carboxylic acids is 2. The normalized spacial score (nSPS) is 26.1. The molecule has 0 saturated carbocycles. The highest BCUT2D eigenvalue weighted by atomic mass is 16.8. The van der Waals surface area contributed by atoms with Gasteiger partial charge in [-0.2, -0.15) is 0 Å². The Morgan fingerprint density at radius 2 is 2.54 bits per heavy atom. The molecule has 0 amide bonds. The highest BCUT2D eigenvalue weighted by Gasteiger charge is 2.40. The van der Waals surface area contributed by atoms with Crippen molar-refractivity contribution in [1.82, 2.24) is 0 Å². The van der Waals surface area contributed by atoms with E-state index in [2.05, 4.69) is 16.1 Å². The minimum Gasteiger partial charge on any atom is -0.435 e. The molecule has 0 spiro atoms. The molecule has 0 aliphatic carbocycles. The van der Waals surface area contributed by atoms with Crippen LogP contribution in [0.2, 0.25) is 0 Å². The number of hydrogen-bond donors (Lipinski definition) is 0. The molecule has 0 aromatic carbocycles. The average molecular weight is 186 g/mol. The van der Waals surface area contributed by atoms with E-state index in [9.17, 15) is 9.59 Å². The van der Waals surface area contributed by atoms with Crippen molar-refractivity contribution >= 4 is 12.1 Å². The van der Waals surface area contributed by atoms with Crippen LogP contribution < -0.4 is 0 Å². The van der Waals surface area contributed by atoms with Crippen LogP contribution in [0, 0.1) is 0 Å². The molecule has 0 radical (unpaired) electrons. The zero-order chi connectivity index (χ0) is 9.90. The number of carbonyl (C=O) groups is 2. The van der Waals surface area contributed by atoms with E-state index >= 15 is 0 Å². The summed E-state index contributed by atoms with van der Waals surface area (Å²) in [7, 11) is 0. The van der Waals surface area contributed by atoms with Crippen molar-refractivity contribution in [3.8, 4) is 0 Å². The van der Waals surface area contributed by atoms with E-state index in [1.165, 1.54) is 0 Å². The summed E-state index contributed by atoms with van der Waals surface area (Å²) in [6.07, 6.45) is 0.238. The summed E-state index contributed by atoms with van der Waals surface area (Å²) in [6, 6.07) is 0. The van der Waals surface area contributed by atoms with Gasteiger partial charge < -0.3 is 14.2 Å². The monoisotopic (exact) mass is 186 g/mol. The van der Waals surface area contributed by atoms with Gasteiger partial charge in [0, 0.05) is 0 Å². The molecule has 1 fully saturated rings. The fraction of sp³-hybridized carbons (Fsp3) is 0.500. The molecule has 0 N–H and O–H groups in total. The predicted octanol–water partition coefficient (Wildman–Crippen LogP) is 0.989. The molecule has 0 aromatic rings. The van der Waals surface area contributed by atoms with Crippen LogP contribution in [0.3, 0.4) is 0 Å². The van der Waals surface area contributed by atoms with Crippen LogP contribution in [0.4, 0.5) is 4.79 Å². The lowest BCUT2D eigenvalue weighted by Gasteiger charge is -2.16. The zero-order valence-corrected chi connectivity index (χ0v) is 7.24. The van der Waals surface area contributed by atoms with Gasteiger partial charge in [0.15, 0.2) is 5.60 Å². The van der Waals surface area contributed by atoms with Gasteiger partial charge in [0.2, 0.25) is 0 Å². The van der Waals surface area contributed by atoms with Gasteiger partial charge in [0.05, 0.1) is 12.7 Å². The first-order valence-corrected chi connectivity index (χ1v) is 3.72. The maximum absolute atomic E-state index is 11.0. The third-order valence-corrected chi connectivity index (χ3v) is 1.56. The van der Waals surface area contributed by atoms with Gasteiger partial charge in [-0.3, -0.25) is 4.79 Å². The van der Waals surface area contributed by atoms with Crippen LogP contribution in [0.1, 0.15) is 13.3 Å². The molecule has 1 unspecified atom stereocenters. The van der Waals surface area contributed by atoms with Crippen LogP contribution in [0.25, 0.3) is 0 Å². The second-order valence-electron chi connectivity index (χ2n) is 2.92.